The fraction of sp³-hybridized carbons (Fsp3) is 0.375. The predicted molar refractivity (Wildman–Crippen MR) is 167 cm³/mol. The molecule has 1 unspecified atom stereocenters. The van der Waals surface area contributed by atoms with Crippen molar-refractivity contribution < 1.29 is 28.7 Å². The molecule has 11 heteroatoms. The zero-order chi connectivity index (χ0) is 30.7. The third-order valence-corrected chi connectivity index (χ3v) is 9.36. The van der Waals surface area contributed by atoms with Crippen LogP contribution >= 0.6 is 23.1 Å². The van der Waals surface area contributed by atoms with E-state index in [0.29, 0.717) is 29.2 Å². The topological polar surface area (TPSA) is 114 Å². The van der Waals surface area contributed by atoms with Crippen molar-refractivity contribution >= 4 is 57.7 Å². The Bertz CT molecular complexity index is 1530. The van der Waals surface area contributed by atoms with Crippen LogP contribution in [0.2, 0.25) is 0 Å². The average molecular weight is 622 g/mol. The molecule has 1 fully saturated rings. The summed E-state index contributed by atoms with van der Waals surface area (Å²) in [5.41, 5.74) is 1.93. The molecule has 9 nitrogen and oxygen atoms in total. The zero-order valence-electron chi connectivity index (χ0n) is 24.6. The van der Waals surface area contributed by atoms with E-state index in [-0.39, 0.29) is 24.3 Å². The van der Waals surface area contributed by atoms with Crippen molar-refractivity contribution in [2.24, 2.45) is 5.92 Å². The van der Waals surface area contributed by atoms with Crippen LogP contribution in [0, 0.1) is 5.92 Å². The highest BCUT2D eigenvalue weighted by molar-refractivity contribution is 8.00. The number of carbonyl (C=O) groups excluding carboxylic acids is 4. The Kier molecular flexibility index (Phi) is 9.12. The van der Waals surface area contributed by atoms with Gasteiger partial charge in [0.25, 0.3) is 0 Å². The molecule has 3 amide bonds. The molecular formula is C32H35N3O6S2. The molecule has 2 heterocycles. The Morgan fingerprint density at radius 2 is 1.77 bits per heavy atom. The largest absolute Gasteiger partial charge is 0.465 e. The average Bonchev–Trinajstić information content (AvgIpc) is 3.76. The number of ether oxygens (including phenoxy) is 2. The number of benzene rings is 2. The molecule has 226 valence electrons. The van der Waals surface area contributed by atoms with Crippen LogP contribution < -0.4 is 10.6 Å². The van der Waals surface area contributed by atoms with Crippen LogP contribution in [0.15, 0.2) is 59.5 Å². The second-order valence-corrected chi connectivity index (χ2v) is 13.8. The number of amides is 3. The van der Waals surface area contributed by atoms with Gasteiger partial charge >= 0.3 is 12.1 Å². The van der Waals surface area contributed by atoms with E-state index in [2.05, 4.69) is 10.6 Å². The van der Waals surface area contributed by atoms with Crippen molar-refractivity contribution in [3.05, 3.63) is 76.2 Å². The Labute approximate surface area is 259 Å². The fourth-order valence-corrected chi connectivity index (χ4v) is 7.08. The van der Waals surface area contributed by atoms with Gasteiger partial charge in [0.05, 0.1) is 19.2 Å². The van der Waals surface area contributed by atoms with Crippen molar-refractivity contribution in [2.45, 2.75) is 62.3 Å². The van der Waals surface area contributed by atoms with Crippen molar-refractivity contribution in [1.29, 1.82) is 0 Å². The number of anilines is 2. The molecule has 0 saturated heterocycles. The summed E-state index contributed by atoms with van der Waals surface area (Å²) in [6.45, 7) is 6.10. The third kappa shape index (κ3) is 7.58. The molecule has 0 radical (unpaired) electrons. The molecular weight excluding hydrogens is 587 g/mol. The lowest BCUT2D eigenvalue weighted by molar-refractivity contribution is -0.117. The Morgan fingerprint density at radius 1 is 1.02 bits per heavy atom. The summed E-state index contributed by atoms with van der Waals surface area (Å²) < 4.78 is 10.6. The SMILES string of the molecule is COC(=O)c1c(NC(=O)C(Sc2cccc(NC(=O)C3CC3)c2)c2ccccc2)sc2c1CCN(C(=O)OC(C)(C)C)C2. The summed E-state index contributed by atoms with van der Waals surface area (Å²) in [6, 6.07) is 16.8. The lowest BCUT2D eigenvalue weighted by Gasteiger charge is -2.30. The smallest absolute Gasteiger partial charge is 0.410 e. The van der Waals surface area contributed by atoms with Crippen LogP contribution in [-0.2, 0) is 32.0 Å². The summed E-state index contributed by atoms with van der Waals surface area (Å²) in [5, 5.41) is 5.71. The van der Waals surface area contributed by atoms with Gasteiger partial charge < -0.3 is 25.0 Å². The molecule has 1 aliphatic carbocycles. The molecule has 1 saturated carbocycles. The second kappa shape index (κ2) is 12.8. The lowest BCUT2D eigenvalue weighted by Crippen LogP contribution is -2.39. The first-order valence-corrected chi connectivity index (χ1v) is 15.9. The maximum Gasteiger partial charge on any atom is 0.410 e. The number of carbonyl (C=O) groups is 4. The van der Waals surface area contributed by atoms with E-state index in [9.17, 15) is 19.2 Å². The monoisotopic (exact) mass is 621 g/mol. The number of rotatable bonds is 8. The van der Waals surface area contributed by atoms with Crippen molar-refractivity contribution in [2.75, 3.05) is 24.3 Å². The van der Waals surface area contributed by atoms with Gasteiger partial charge in [0.15, 0.2) is 0 Å². The van der Waals surface area contributed by atoms with Crippen molar-refractivity contribution in [1.82, 2.24) is 4.90 Å². The van der Waals surface area contributed by atoms with E-state index >= 15 is 0 Å². The number of thiophene rings is 1. The van der Waals surface area contributed by atoms with Gasteiger partial charge in [0.1, 0.15) is 15.9 Å². The molecule has 1 aromatic heterocycles. The van der Waals surface area contributed by atoms with Crippen LogP contribution in [-0.4, -0.2) is 48.0 Å². The van der Waals surface area contributed by atoms with Crippen LogP contribution in [0.5, 0.6) is 0 Å². The van der Waals surface area contributed by atoms with Gasteiger partial charge in [-0.3, -0.25) is 9.59 Å². The van der Waals surface area contributed by atoms with E-state index in [0.717, 1.165) is 33.7 Å². The Hall–Kier alpha value is -3.83. The molecule has 2 aliphatic rings. The van der Waals surface area contributed by atoms with Gasteiger partial charge in [-0.25, -0.2) is 9.59 Å². The van der Waals surface area contributed by atoms with Crippen LogP contribution in [0.3, 0.4) is 0 Å². The van der Waals surface area contributed by atoms with Gasteiger partial charge in [-0.2, -0.15) is 0 Å². The van der Waals surface area contributed by atoms with Crippen molar-refractivity contribution in [3.8, 4) is 0 Å². The molecule has 1 atom stereocenters. The zero-order valence-corrected chi connectivity index (χ0v) is 26.2. The van der Waals surface area contributed by atoms with Gasteiger partial charge in [-0.1, -0.05) is 36.4 Å². The highest BCUT2D eigenvalue weighted by Crippen LogP contribution is 2.41. The minimum Gasteiger partial charge on any atom is -0.465 e. The number of hydrogen-bond acceptors (Lipinski definition) is 8. The second-order valence-electron chi connectivity index (χ2n) is 11.5. The van der Waals surface area contributed by atoms with E-state index in [4.69, 9.17) is 9.47 Å². The number of nitrogens with one attached hydrogen (secondary N) is 2. The quantitative estimate of drug-likeness (QED) is 0.214. The van der Waals surface area contributed by atoms with Gasteiger partial charge in [0.2, 0.25) is 11.8 Å². The van der Waals surface area contributed by atoms with Gasteiger partial charge in [-0.05, 0) is 69.4 Å². The van der Waals surface area contributed by atoms with Crippen LogP contribution in [0.4, 0.5) is 15.5 Å². The fourth-order valence-electron chi connectivity index (χ4n) is 4.74. The molecule has 1 aliphatic heterocycles. The molecule has 2 aromatic carbocycles. The number of esters is 1. The minimum absolute atomic E-state index is 0.0155. The maximum absolute atomic E-state index is 14.0. The number of thioether (sulfide) groups is 1. The van der Waals surface area contributed by atoms with E-state index in [1.54, 1.807) is 4.90 Å². The van der Waals surface area contributed by atoms with Gasteiger partial charge in [0, 0.05) is 27.9 Å². The number of hydrogen-bond donors (Lipinski definition) is 2. The lowest BCUT2D eigenvalue weighted by atomic mass is 10.0. The predicted octanol–water partition coefficient (Wildman–Crippen LogP) is 6.65. The van der Waals surface area contributed by atoms with Crippen LogP contribution in [0.1, 0.15) is 65.2 Å². The normalized spacial score (nSPS) is 15.2. The summed E-state index contributed by atoms with van der Waals surface area (Å²) in [4.78, 5) is 55.2. The summed E-state index contributed by atoms with van der Waals surface area (Å²) in [6.07, 6.45) is 1.83. The van der Waals surface area contributed by atoms with Crippen LogP contribution in [0.25, 0.3) is 0 Å². The molecule has 5 rings (SSSR count). The molecule has 43 heavy (non-hydrogen) atoms. The number of fused-ring (bicyclic) bond motifs is 1. The van der Waals surface area contributed by atoms with E-state index in [1.807, 2.05) is 75.4 Å². The molecule has 3 aromatic rings. The first-order chi connectivity index (χ1) is 20.5. The highest BCUT2D eigenvalue weighted by atomic mass is 32.2. The number of methoxy groups -OCH3 is 1. The van der Waals surface area contributed by atoms with Crippen molar-refractivity contribution in [3.63, 3.8) is 0 Å². The maximum atomic E-state index is 14.0. The standard InChI is InChI=1S/C32H35N3O6S2/c1-32(2,3)41-31(39)35-16-15-23-24(18-35)43-29(25(23)30(38)40-4)34-28(37)26(19-9-6-5-7-10-19)42-22-12-8-11-21(17-22)33-27(36)20-13-14-20/h5-12,17,20,26H,13-16,18H2,1-4H3,(H,33,36)(H,34,37). The minimum atomic E-state index is -0.654. The summed E-state index contributed by atoms with van der Waals surface area (Å²) >= 11 is 2.63. The summed E-state index contributed by atoms with van der Waals surface area (Å²) in [7, 11) is 1.31. The van der Waals surface area contributed by atoms with E-state index < -0.39 is 22.9 Å². The Morgan fingerprint density at radius 3 is 2.44 bits per heavy atom. The Balaban J connectivity index is 1.40. The first-order valence-electron chi connectivity index (χ1n) is 14.2. The number of nitrogens with zero attached hydrogens (tertiary/aromatic N) is 1. The van der Waals surface area contributed by atoms with E-state index in [1.165, 1.54) is 30.2 Å². The molecule has 0 bridgehead atoms. The third-order valence-electron chi connectivity index (χ3n) is 6.98. The molecule has 0 spiro atoms. The highest BCUT2D eigenvalue weighted by Gasteiger charge is 2.34. The molecule has 2 N–H and O–H groups in total. The first kappa shape index (κ1) is 30.6. The van der Waals surface area contributed by atoms with Gasteiger partial charge in [-0.15, -0.1) is 23.1 Å². The summed E-state index contributed by atoms with van der Waals surface area (Å²) in [5.74, 6) is -0.754.